The first kappa shape index (κ1) is 25.1. The van der Waals surface area contributed by atoms with Crippen LogP contribution in [0.1, 0.15) is 23.7 Å². The summed E-state index contributed by atoms with van der Waals surface area (Å²) in [5.74, 6) is -0.128. The molecule has 0 aliphatic carbocycles. The first-order valence-electron chi connectivity index (χ1n) is 10.3. The zero-order valence-electron chi connectivity index (χ0n) is 18.4. The lowest BCUT2D eigenvalue weighted by Crippen LogP contribution is -2.24. The number of carbonyl (C=O) groups is 2. The van der Waals surface area contributed by atoms with Crippen LogP contribution in [0.3, 0.4) is 0 Å². The van der Waals surface area contributed by atoms with Crippen LogP contribution in [-0.2, 0) is 4.79 Å². The van der Waals surface area contributed by atoms with Gasteiger partial charge in [-0.1, -0.05) is 30.7 Å². The lowest BCUT2D eigenvalue weighted by Gasteiger charge is -2.16. The van der Waals surface area contributed by atoms with E-state index in [0.717, 1.165) is 4.90 Å². The van der Waals surface area contributed by atoms with Crippen molar-refractivity contribution in [3.05, 3.63) is 87.4 Å². The Morgan fingerprint density at radius 2 is 1.79 bits per heavy atom. The number of non-ortho nitro benzene ring substituents is 1. The molecule has 0 aliphatic heterocycles. The van der Waals surface area contributed by atoms with Crippen molar-refractivity contribution in [2.24, 2.45) is 0 Å². The van der Waals surface area contributed by atoms with Crippen LogP contribution in [-0.4, -0.2) is 29.1 Å². The summed E-state index contributed by atoms with van der Waals surface area (Å²) in [5, 5.41) is 16.6. The number of methoxy groups -OCH3 is 1. The van der Waals surface area contributed by atoms with Gasteiger partial charge in [-0.05, 0) is 48.9 Å². The van der Waals surface area contributed by atoms with E-state index >= 15 is 0 Å². The van der Waals surface area contributed by atoms with Crippen molar-refractivity contribution in [1.29, 1.82) is 0 Å². The minimum absolute atomic E-state index is 0.160. The topological polar surface area (TPSA) is 111 Å². The van der Waals surface area contributed by atoms with Gasteiger partial charge in [-0.2, -0.15) is 0 Å². The van der Waals surface area contributed by atoms with Gasteiger partial charge in [-0.3, -0.25) is 19.7 Å². The second kappa shape index (κ2) is 11.5. The minimum atomic E-state index is -0.552. The van der Waals surface area contributed by atoms with Crippen molar-refractivity contribution in [3.63, 3.8) is 0 Å². The molecule has 3 aromatic rings. The summed E-state index contributed by atoms with van der Waals surface area (Å²) in [7, 11) is 1.52. The molecule has 34 heavy (non-hydrogen) atoms. The summed E-state index contributed by atoms with van der Waals surface area (Å²) >= 11 is 7.50. The van der Waals surface area contributed by atoms with Crippen LogP contribution in [0.4, 0.5) is 17.1 Å². The fourth-order valence-electron chi connectivity index (χ4n) is 3.06. The maximum atomic E-state index is 12.8. The second-order valence-corrected chi connectivity index (χ2v) is 8.83. The number of amides is 2. The van der Waals surface area contributed by atoms with Crippen LogP contribution in [0.2, 0.25) is 5.02 Å². The Kier molecular flexibility index (Phi) is 8.50. The van der Waals surface area contributed by atoms with Gasteiger partial charge in [0, 0.05) is 34.0 Å². The smallest absolute Gasteiger partial charge is 0.270 e. The third-order valence-corrected chi connectivity index (χ3v) is 6.43. The number of ether oxygens (including phenoxy) is 1. The summed E-state index contributed by atoms with van der Waals surface area (Å²) in [6.45, 7) is 1.91. The van der Waals surface area contributed by atoms with Crippen molar-refractivity contribution in [2.75, 3.05) is 17.7 Å². The number of benzene rings is 3. The average molecular weight is 500 g/mol. The predicted molar refractivity (Wildman–Crippen MR) is 134 cm³/mol. The molecule has 2 amide bonds. The van der Waals surface area contributed by atoms with Crippen molar-refractivity contribution >= 4 is 52.2 Å². The number of nitrogens with one attached hydrogen (secondary N) is 2. The molecule has 10 heteroatoms. The number of nitro benzene ring substituents is 1. The molecule has 3 rings (SSSR count). The maximum Gasteiger partial charge on any atom is 0.270 e. The first-order chi connectivity index (χ1) is 16.3. The van der Waals surface area contributed by atoms with Crippen LogP contribution < -0.4 is 15.4 Å². The van der Waals surface area contributed by atoms with Crippen LogP contribution in [0.5, 0.6) is 5.75 Å². The normalized spacial score (nSPS) is 11.4. The van der Waals surface area contributed by atoms with Gasteiger partial charge in [0.05, 0.1) is 22.3 Å². The molecule has 0 fully saturated rings. The van der Waals surface area contributed by atoms with Gasteiger partial charge in [-0.15, -0.1) is 11.8 Å². The predicted octanol–water partition coefficient (Wildman–Crippen LogP) is 6.02. The van der Waals surface area contributed by atoms with Crippen LogP contribution in [0.25, 0.3) is 0 Å². The van der Waals surface area contributed by atoms with Gasteiger partial charge < -0.3 is 15.4 Å². The number of carbonyl (C=O) groups excluding carboxylic acids is 2. The highest BCUT2D eigenvalue weighted by molar-refractivity contribution is 8.00. The molecule has 0 bridgehead atoms. The summed E-state index contributed by atoms with van der Waals surface area (Å²) in [6, 6.07) is 17.6. The Morgan fingerprint density at radius 3 is 2.47 bits per heavy atom. The molecule has 3 aromatic carbocycles. The van der Waals surface area contributed by atoms with Gasteiger partial charge in [-0.25, -0.2) is 0 Å². The number of hydrogen-bond acceptors (Lipinski definition) is 6. The van der Waals surface area contributed by atoms with Gasteiger partial charge in [0.15, 0.2) is 0 Å². The zero-order chi connectivity index (χ0) is 24.7. The van der Waals surface area contributed by atoms with Crippen molar-refractivity contribution in [2.45, 2.75) is 23.5 Å². The van der Waals surface area contributed by atoms with E-state index in [1.807, 2.05) is 13.0 Å². The fraction of sp³-hybridized carbons (Fsp3) is 0.167. The SMILES string of the molecule is CCC(Sc1cccc(NC(=O)c2cccc([N+](=O)[O-])c2)c1)C(=O)Nc1ccc(OC)c(Cl)c1. The molecule has 0 heterocycles. The molecule has 0 aromatic heterocycles. The molecule has 1 atom stereocenters. The Labute approximate surface area is 205 Å². The van der Waals surface area contributed by atoms with E-state index in [2.05, 4.69) is 10.6 Å². The summed E-state index contributed by atoms with van der Waals surface area (Å²) in [5.41, 5.74) is 1.09. The highest BCUT2D eigenvalue weighted by Gasteiger charge is 2.19. The lowest BCUT2D eigenvalue weighted by atomic mass is 10.2. The molecular weight excluding hydrogens is 478 g/mol. The van der Waals surface area contributed by atoms with Crippen molar-refractivity contribution in [3.8, 4) is 5.75 Å². The number of nitro groups is 1. The number of halogens is 1. The standard InChI is InChI=1S/C24H22ClN3O5S/c1-3-22(24(30)27-17-10-11-21(33-2)20(25)14-17)34-19-9-5-7-16(13-19)26-23(29)15-6-4-8-18(12-15)28(31)32/h4-14,22H,3H2,1-2H3,(H,26,29)(H,27,30). The fourth-order valence-corrected chi connectivity index (χ4v) is 4.34. The molecule has 0 aliphatic rings. The molecular formula is C24H22ClN3O5S. The first-order valence-corrected chi connectivity index (χ1v) is 11.5. The largest absolute Gasteiger partial charge is 0.495 e. The number of rotatable bonds is 9. The quantitative estimate of drug-likeness (QED) is 0.211. The summed E-state index contributed by atoms with van der Waals surface area (Å²) < 4.78 is 5.13. The molecule has 1 unspecified atom stereocenters. The maximum absolute atomic E-state index is 12.8. The lowest BCUT2D eigenvalue weighted by molar-refractivity contribution is -0.384. The number of hydrogen-bond donors (Lipinski definition) is 2. The third kappa shape index (κ3) is 6.49. The van der Waals surface area contributed by atoms with Crippen LogP contribution in [0.15, 0.2) is 71.6 Å². The Morgan fingerprint density at radius 1 is 1.06 bits per heavy atom. The zero-order valence-corrected chi connectivity index (χ0v) is 20.0. The van der Waals surface area contributed by atoms with Gasteiger partial charge >= 0.3 is 0 Å². The Bertz CT molecular complexity index is 1220. The summed E-state index contributed by atoms with van der Waals surface area (Å²) in [6.07, 6.45) is 0.574. The molecule has 0 spiro atoms. The van der Waals surface area contributed by atoms with Gasteiger partial charge in [0.2, 0.25) is 5.91 Å². The highest BCUT2D eigenvalue weighted by Crippen LogP contribution is 2.31. The van der Waals surface area contributed by atoms with E-state index in [9.17, 15) is 19.7 Å². The Hall–Kier alpha value is -3.56. The highest BCUT2D eigenvalue weighted by atomic mass is 35.5. The monoisotopic (exact) mass is 499 g/mol. The van der Waals surface area contributed by atoms with E-state index in [-0.39, 0.29) is 22.4 Å². The number of nitrogens with zero attached hydrogens (tertiary/aromatic N) is 1. The van der Waals surface area contributed by atoms with Gasteiger partial charge in [0.1, 0.15) is 5.75 Å². The molecule has 2 N–H and O–H groups in total. The van der Waals surface area contributed by atoms with E-state index in [1.165, 1.54) is 43.1 Å². The second-order valence-electron chi connectivity index (χ2n) is 7.14. The average Bonchev–Trinajstić information content (AvgIpc) is 2.83. The van der Waals surface area contributed by atoms with Crippen LogP contribution >= 0.6 is 23.4 Å². The Balaban J connectivity index is 1.67. The van der Waals surface area contributed by atoms with E-state index in [0.29, 0.717) is 28.6 Å². The minimum Gasteiger partial charge on any atom is -0.495 e. The van der Waals surface area contributed by atoms with E-state index < -0.39 is 10.8 Å². The third-order valence-electron chi connectivity index (χ3n) is 4.77. The van der Waals surface area contributed by atoms with E-state index in [4.69, 9.17) is 16.3 Å². The molecule has 8 nitrogen and oxygen atoms in total. The summed E-state index contributed by atoms with van der Waals surface area (Å²) in [4.78, 5) is 36.5. The molecule has 0 saturated carbocycles. The van der Waals surface area contributed by atoms with Crippen molar-refractivity contribution < 1.29 is 19.2 Å². The molecule has 0 saturated heterocycles. The molecule has 0 radical (unpaired) electrons. The van der Waals surface area contributed by atoms with Gasteiger partial charge in [0.25, 0.3) is 11.6 Å². The molecule has 176 valence electrons. The number of anilines is 2. The van der Waals surface area contributed by atoms with Crippen LogP contribution in [0, 0.1) is 10.1 Å². The van der Waals surface area contributed by atoms with Crippen molar-refractivity contribution in [1.82, 2.24) is 0 Å². The number of thioether (sulfide) groups is 1. The van der Waals surface area contributed by atoms with E-state index in [1.54, 1.807) is 36.4 Å².